The van der Waals surface area contributed by atoms with Gasteiger partial charge in [-0.25, -0.2) is 9.56 Å². The zero-order valence-corrected chi connectivity index (χ0v) is 23.6. The van der Waals surface area contributed by atoms with Crippen LogP contribution in [0.3, 0.4) is 0 Å². The van der Waals surface area contributed by atoms with Crippen LogP contribution in [0, 0.1) is 0 Å². The van der Waals surface area contributed by atoms with E-state index in [1.807, 2.05) is 61.5 Å². The maximum Gasteiger partial charge on any atom is 0.340 e. The lowest BCUT2D eigenvalue weighted by Crippen LogP contribution is -2.19. The minimum Gasteiger partial charge on any atom is -0.492 e. The monoisotopic (exact) mass is 563 g/mol. The number of rotatable bonds is 13. The fourth-order valence-corrected chi connectivity index (χ4v) is 5.46. The van der Waals surface area contributed by atoms with Gasteiger partial charge < -0.3 is 23.8 Å². The first-order chi connectivity index (χ1) is 19.4. The molecule has 1 N–H and O–H groups in total. The molecule has 0 saturated carbocycles. The molecule has 3 aromatic carbocycles. The first-order valence-electron chi connectivity index (χ1n) is 12.9. The molecule has 0 radical (unpaired) electrons. The van der Waals surface area contributed by atoms with Crippen LogP contribution in [0.5, 0.6) is 17.2 Å². The summed E-state index contributed by atoms with van der Waals surface area (Å²) in [5.41, 5.74) is 1.72. The van der Waals surface area contributed by atoms with E-state index in [2.05, 4.69) is 22.0 Å². The van der Waals surface area contributed by atoms with E-state index in [0.717, 1.165) is 11.4 Å². The van der Waals surface area contributed by atoms with E-state index >= 15 is 0 Å². The molecular weight excluding hydrogens is 531 g/mol. The van der Waals surface area contributed by atoms with Gasteiger partial charge in [-0.2, -0.15) is 0 Å². The summed E-state index contributed by atoms with van der Waals surface area (Å²) in [6.45, 7) is 10.1. The van der Waals surface area contributed by atoms with Gasteiger partial charge in [0.05, 0.1) is 43.1 Å². The van der Waals surface area contributed by atoms with Gasteiger partial charge in [-0.3, -0.25) is 9.36 Å². The summed E-state index contributed by atoms with van der Waals surface area (Å²) in [5.74, 6) is 1.80. The molecule has 0 spiro atoms. The third-order valence-corrected chi connectivity index (χ3v) is 7.64. The second-order valence-corrected chi connectivity index (χ2v) is 10.5. The van der Waals surface area contributed by atoms with E-state index in [0.29, 0.717) is 40.5 Å². The Labute approximate surface area is 233 Å². The zero-order valence-electron chi connectivity index (χ0n) is 22.7. The SMILES string of the molecule is C=[N+](c1ccc(Oc2ccccc2)cc1)c1ncnc2cc(OCC)c(NC(=O)CP(=O)(OCC)OCC)cc12. The van der Waals surface area contributed by atoms with Crippen LogP contribution < -0.4 is 19.4 Å². The minimum atomic E-state index is -3.59. The molecule has 4 aromatic rings. The van der Waals surface area contributed by atoms with Crippen LogP contribution in [0.2, 0.25) is 0 Å². The topological polar surface area (TPSA) is 112 Å². The number of hydrogen-bond acceptors (Lipinski definition) is 8. The third-order valence-electron chi connectivity index (χ3n) is 5.66. The summed E-state index contributed by atoms with van der Waals surface area (Å²) in [6, 6.07) is 20.4. The van der Waals surface area contributed by atoms with Crippen molar-refractivity contribution in [1.82, 2.24) is 14.5 Å². The number of benzene rings is 3. The summed E-state index contributed by atoms with van der Waals surface area (Å²) in [7, 11) is -3.59. The van der Waals surface area contributed by atoms with Crippen LogP contribution in [-0.2, 0) is 18.4 Å². The van der Waals surface area contributed by atoms with Crippen molar-refractivity contribution < 1.29 is 27.9 Å². The number of hydrogen-bond donors (Lipinski definition) is 1. The molecule has 0 saturated heterocycles. The number of aromatic nitrogens is 2. The minimum absolute atomic E-state index is 0.157. The molecule has 40 heavy (non-hydrogen) atoms. The Morgan fingerprint density at radius 2 is 1.60 bits per heavy atom. The number of para-hydroxylation sites is 1. The molecule has 11 heteroatoms. The van der Waals surface area contributed by atoms with Crippen molar-refractivity contribution >= 4 is 48.3 Å². The average Bonchev–Trinajstić information content (AvgIpc) is 2.94. The Morgan fingerprint density at radius 1 is 0.925 bits per heavy atom. The molecule has 0 atom stereocenters. The highest BCUT2D eigenvalue weighted by Gasteiger charge is 2.28. The Hall–Kier alpha value is -4.11. The Balaban J connectivity index is 1.63. The second kappa shape index (κ2) is 13.3. The molecule has 10 nitrogen and oxygen atoms in total. The van der Waals surface area contributed by atoms with Crippen molar-refractivity contribution in [2.45, 2.75) is 20.8 Å². The van der Waals surface area contributed by atoms with Crippen molar-refractivity contribution in [3.8, 4) is 17.2 Å². The van der Waals surface area contributed by atoms with Gasteiger partial charge in [0, 0.05) is 6.07 Å². The number of ether oxygens (including phenoxy) is 2. The third kappa shape index (κ3) is 7.09. The highest BCUT2D eigenvalue weighted by Crippen LogP contribution is 2.48. The Morgan fingerprint density at radius 3 is 2.25 bits per heavy atom. The highest BCUT2D eigenvalue weighted by molar-refractivity contribution is 7.54. The summed E-state index contributed by atoms with van der Waals surface area (Å²) >= 11 is 0. The number of carbonyl (C=O) groups excluding carboxylic acids is 1. The van der Waals surface area contributed by atoms with Crippen LogP contribution >= 0.6 is 7.60 Å². The lowest BCUT2D eigenvalue weighted by atomic mass is 10.1. The Kier molecular flexibility index (Phi) is 9.60. The molecular formula is C29H32N4O6P+. The lowest BCUT2D eigenvalue weighted by Gasteiger charge is -2.17. The van der Waals surface area contributed by atoms with Crippen molar-refractivity contribution in [2.24, 2.45) is 0 Å². The summed E-state index contributed by atoms with van der Waals surface area (Å²) in [4.78, 5) is 21.8. The fourth-order valence-electron chi connectivity index (χ4n) is 3.99. The van der Waals surface area contributed by atoms with Crippen molar-refractivity contribution in [3.63, 3.8) is 0 Å². The van der Waals surface area contributed by atoms with Crippen molar-refractivity contribution in [3.05, 3.63) is 73.1 Å². The molecule has 4 rings (SSSR count). The number of fused-ring (bicyclic) bond motifs is 1. The summed E-state index contributed by atoms with van der Waals surface area (Å²) < 4.78 is 36.7. The molecule has 0 aliphatic rings. The van der Waals surface area contributed by atoms with Crippen LogP contribution in [0.4, 0.5) is 17.2 Å². The lowest BCUT2D eigenvalue weighted by molar-refractivity contribution is -0.114. The van der Waals surface area contributed by atoms with E-state index in [4.69, 9.17) is 18.5 Å². The Bertz CT molecular complexity index is 1520. The van der Waals surface area contributed by atoms with Crippen LogP contribution in [0.25, 0.3) is 10.9 Å². The van der Waals surface area contributed by atoms with Gasteiger partial charge in [0.15, 0.2) is 0 Å². The van der Waals surface area contributed by atoms with Gasteiger partial charge in [0.2, 0.25) is 12.2 Å². The van der Waals surface area contributed by atoms with Gasteiger partial charge in [-0.1, -0.05) is 18.2 Å². The highest BCUT2D eigenvalue weighted by atomic mass is 31.2. The molecule has 0 fully saturated rings. The van der Waals surface area contributed by atoms with Gasteiger partial charge in [0.25, 0.3) is 0 Å². The zero-order chi connectivity index (χ0) is 28.5. The van der Waals surface area contributed by atoms with Gasteiger partial charge in [-0.15, -0.1) is 0 Å². The second-order valence-electron chi connectivity index (χ2n) is 8.49. The van der Waals surface area contributed by atoms with E-state index in [1.165, 1.54) is 6.33 Å². The van der Waals surface area contributed by atoms with Crippen LogP contribution in [-0.4, -0.2) is 48.6 Å². The first kappa shape index (κ1) is 28.9. The molecule has 0 unspecified atom stereocenters. The van der Waals surface area contributed by atoms with Crippen molar-refractivity contribution in [2.75, 3.05) is 31.3 Å². The van der Waals surface area contributed by atoms with Gasteiger partial charge >= 0.3 is 13.4 Å². The number of carbonyl (C=O) groups is 1. The number of nitrogens with zero attached hydrogens (tertiary/aromatic N) is 3. The van der Waals surface area contributed by atoms with E-state index in [1.54, 1.807) is 30.6 Å². The van der Waals surface area contributed by atoms with Crippen molar-refractivity contribution in [1.29, 1.82) is 0 Å². The number of amides is 1. The average molecular weight is 564 g/mol. The smallest absolute Gasteiger partial charge is 0.340 e. The first-order valence-corrected chi connectivity index (χ1v) is 14.6. The molecule has 0 aliphatic carbocycles. The van der Waals surface area contributed by atoms with Gasteiger partial charge in [-0.05, 0) is 68.2 Å². The number of anilines is 1. The molecule has 208 valence electrons. The quantitative estimate of drug-likeness (QED) is 0.111. The maximum absolute atomic E-state index is 12.9. The summed E-state index contributed by atoms with van der Waals surface area (Å²) in [5, 5.41) is 3.41. The molecule has 1 amide bonds. The number of nitrogens with one attached hydrogen (secondary N) is 1. The van der Waals surface area contributed by atoms with E-state index in [-0.39, 0.29) is 13.2 Å². The molecule has 0 aliphatic heterocycles. The fraction of sp³-hybridized carbons (Fsp3) is 0.241. The van der Waals surface area contributed by atoms with Crippen LogP contribution in [0.15, 0.2) is 73.1 Å². The molecule has 1 heterocycles. The largest absolute Gasteiger partial charge is 0.492 e. The molecule has 0 bridgehead atoms. The van der Waals surface area contributed by atoms with Crippen LogP contribution in [0.1, 0.15) is 20.8 Å². The normalized spacial score (nSPS) is 11.3. The van der Waals surface area contributed by atoms with Gasteiger partial charge in [0.1, 0.15) is 29.1 Å². The summed E-state index contributed by atoms with van der Waals surface area (Å²) in [6.07, 6.45) is 1.01. The predicted octanol–water partition coefficient (Wildman–Crippen LogP) is 6.56. The molecule has 1 aromatic heterocycles. The predicted molar refractivity (Wildman–Crippen MR) is 157 cm³/mol. The van der Waals surface area contributed by atoms with E-state index < -0.39 is 19.7 Å². The van der Waals surface area contributed by atoms with E-state index in [9.17, 15) is 9.36 Å². The maximum atomic E-state index is 12.9. The standard InChI is InChI=1S/C29H31N4O6P/c1-5-36-27-18-25-24(17-26(27)32-28(34)19-40(35,37-6-2)38-7-3)29(31-20-30-25)33(4)21-13-15-23(16-14-21)39-22-11-9-8-10-12-22/h8-18,20H,4-7,19H2,1-3H3/p+1.